The Balaban J connectivity index is 1.22. The molecule has 184 valence electrons. The quantitative estimate of drug-likeness (QED) is 0.326. The van der Waals surface area contributed by atoms with Gasteiger partial charge < -0.3 is 13.9 Å². The van der Waals surface area contributed by atoms with Gasteiger partial charge in [0.15, 0.2) is 16.1 Å². The summed E-state index contributed by atoms with van der Waals surface area (Å²) in [4.78, 5) is 14.5. The van der Waals surface area contributed by atoms with E-state index < -0.39 is 11.4 Å². The summed E-state index contributed by atoms with van der Waals surface area (Å²) in [5.41, 5.74) is 3.33. The zero-order chi connectivity index (χ0) is 24.8. The van der Waals surface area contributed by atoms with Crippen molar-refractivity contribution in [2.24, 2.45) is 7.05 Å². The zero-order valence-corrected chi connectivity index (χ0v) is 21.3. The van der Waals surface area contributed by atoms with Crippen molar-refractivity contribution in [3.63, 3.8) is 0 Å². The minimum Gasteiger partial charge on any atom is -0.593 e. The summed E-state index contributed by atoms with van der Waals surface area (Å²) in [7, 11) is 1.94. The number of hydrogen-bond donors (Lipinski definition) is 0. The highest BCUT2D eigenvalue weighted by atomic mass is 32.2. The van der Waals surface area contributed by atoms with Crippen LogP contribution in [0.1, 0.15) is 19.0 Å². The van der Waals surface area contributed by atoms with Crippen LogP contribution in [0.25, 0.3) is 33.3 Å². The number of aryl methyl sites for hydroxylation is 2. The predicted octanol–water partition coefficient (Wildman–Crippen LogP) is 3.88. The summed E-state index contributed by atoms with van der Waals surface area (Å²) in [6.45, 7) is 6.13. The average molecular weight is 502 g/mol. The molecule has 1 unspecified atom stereocenters. The molecule has 0 spiro atoms. The molecular weight excluding hydrogens is 474 g/mol. The van der Waals surface area contributed by atoms with E-state index in [4.69, 9.17) is 9.72 Å². The Morgan fingerprint density at radius 3 is 2.78 bits per heavy atom. The normalized spacial score (nSPS) is 17.3. The van der Waals surface area contributed by atoms with E-state index >= 15 is 0 Å². The molecule has 0 N–H and O–H groups in total. The van der Waals surface area contributed by atoms with Gasteiger partial charge in [-0.25, -0.2) is 9.97 Å². The van der Waals surface area contributed by atoms with Gasteiger partial charge in [0.1, 0.15) is 18.3 Å². The first-order valence-corrected chi connectivity index (χ1v) is 13.2. The maximum atomic E-state index is 13.3. The van der Waals surface area contributed by atoms with Crippen molar-refractivity contribution in [2.45, 2.75) is 37.8 Å². The van der Waals surface area contributed by atoms with Crippen LogP contribution in [0.3, 0.4) is 0 Å². The fourth-order valence-corrected chi connectivity index (χ4v) is 6.10. The Labute approximate surface area is 212 Å². The standard InChI is InChI=1S/C26H27N7O2S/c1-4-33-17(2)22(14-29-33)24-30-23-25(31(24)3)27-16-28-26(23)35-20-11-12-32(15-20)36(34)21-10-9-18-7-5-6-8-19(18)13-21/h5-10,13-14,16,20H,4,11-12,15H2,1-3H3/t20-,36?/m0/s1. The maximum absolute atomic E-state index is 13.3. The fraction of sp³-hybridized carbons (Fsp3) is 0.308. The van der Waals surface area contributed by atoms with Gasteiger partial charge in [0.25, 0.3) is 0 Å². The van der Waals surface area contributed by atoms with Gasteiger partial charge in [-0.15, -0.1) is 4.31 Å². The van der Waals surface area contributed by atoms with Crippen LogP contribution in [-0.2, 0) is 25.0 Å². The fourth-order valence-electron chi connectivity index (χ4n) is 4.82. The molecule has 1 fully saturated rings. The van der Waals surface area contributed by atoms with Crippen LogP contribution < -0.4 is 4.74 Å². The van der Waals surface area contributed by atoms with Crippen LogP contribution in [0.2, 0.25) is 0 Å². The lowest BCUT2D eigenvalue weighted by Crippen LogP contribution is -2.31. The first kappa shape index (κ1) is 23.0. The molecule has 0 radical (unpaired) electrons. The highest BCUT2D eigenvalue weighted by molar-refractivity contribution is 7.89. The Hall–Kier alpha value is -3.47. The van der Waals surface area contributed by atoms with Crippen LogP contribution in [0.4, 0.5) is 0 Å². The first-order chi connectivity index (χ1) is 17.5. The topological polar surface area (TPSA) is 96.9 Å². The molecule has 5 aromatic rings. The molecule has 3 aromatic heterocycles. The van der Waals surface area contributed by atoms with Gasteiger partial charge in [-0.1, -0.05) is 24.3 Å². The van der Waals surface area contributed by atoms with Gasteiger partial charge in [-0.2, -0.15) is 10.1 Å². The molecule has 1 aliphatic heterocycles. The van der Waals surface area contributed by atoms with Crippen molar-refractivity contribution in [2.75, 3.05) is 13.1 Å². The smallest absolute Gasteiger partial charge is 0.245 e. The molecular formula is C26H27N7O2S. The van der Waals surface area contributed by atoms with E-state index in [2.05, 4.69) is 28.1 Å². The summed E-state index contributed by atoms with van der Waals surface area (Å²) in [6, 6.07) is 14.1. The van der Waals surface area contributed by atoms with E-state index in [1.807, 2.05) is 70.1 Å². The number of hydrogen-bond acceptors (Lipinski definition) is 7. The molecule has 1 saturated heterocycles. The predicted molar refractivity (Wildman–Crippen MR) is 139 cm³/mol. The monoisotopic (exact) mass is 501 g/mol. The molecule has 0 amide bonds. The van der Waals surface area contributed by atoms with Gasteiger partial charge in [0.2, 0.25) is 5.88 Å². The van der Waals surface area contributed by atoms with Gasteiger partial charge >= 0.3 is 0 Å². The lowest BCUT2D eigenvalue weighted by Gasteiger charge is -2.19. The van der Waals surface area contributed by atoms with E-state index in [0.29, 0.717) is 30.1 Å². The van der Waals surface area contributed by atoms with E-state index in [-0.39, 0.29) is 6.10 Å². The van der Waals surface area contributed by atoms with Crippen LogP contribution in [0.15, 0.2) is 59.9 Å². The number of aromatic nitrogens is 6. The summed E-state index contributed by atoms with van der Waals surface area (Å²) >= 11 is -1.25. The minimum absolute atomic E-state index is 0.137. The third-order valence-corrected chi connectivity index (χ3v) is 8.27. The van der Waals surface area contributed by atoms with Crippen molar-refractivity contribution in [3.05, 3.63) is 60.7 Å². The summed E-state index contributed by atoms with van der Waals surface area (Å²) < 4.78 is 25.5. The molecule has 2 atom stereocenters. The molecule has 0 bridgehead atoms. The molecule has 6 rings (SSSR count). The lowest BCUT2D eigenvalue weighted by molar-refractivity contribution is 0.209. The van der Waals surface area contributed by atoms with Crippen molar-refractivity contribution >= 4 is 33.3 Å². The number of nitrogens with zero attached hydrogens (tertiary/aromatic N) is 7. The SMILES string of the molecule is CCn1ncc(-c2nc3c(O[C@H]4CCN([S+]([O-])c5ccc6ccccc6c5)C4)ncnc3n2C)c1C. The molecule has 1 aliphatic rings. The largest absolute Gasteiger partial charge is 0.593 e. The van der Waals surface area contributed by atoms with E-state index in [0.717, 1.165) is 45.7 Å². The molecule has 0 aliphatic carbocycles. The van der Waals surface area contributed by atoms with Crippen molar-refractivity contribution < 1.29 is 9.29 Å². The van der Waals surface area contributed by atoms with Gasteiger partial charge in [0, 0.05) is 38.3 Å². The number of fused-ring (bicyclic) bond motifs is 2. The number of benzene rings is 2. The molecule has 36 heavy (non-hydrogen) atoms. The summed E-state index contributed by atoms with van der Waals surface area (Å²) in [6.07, 6.45) is 3.96. The van der Waals surface area contributed by atoms with E-state index in [9.17, 15) is 4.55 Å². The molecule has 2 aromatic carbocycles. The Morgan fingerprint density at radius 1 is 1.14 bits per heavy atom. The highest BCUT2D eigenvalue weighted by Gasteiger charge is 2.34. The number of rotatable bonds is 6. The zero-order valence-electron chi connectivity index (χ0n) is 20.5. The first-order valence-electron chi connectivity index (χ1n) is 12.1. The second kappa shape index (κ2) is 9.20. The molecule has 10 heteroatoms. The third kappa shape index (κ3) is 3.91. The third-order valence-electron chi connectivity index (χ3n) is 6.81. The second-order valence-electron chi connectivity index (χ2n) is 8.98. The molecule has 9 nitrogen and oxygen atoms in total. The van der Waals surface area contributed by atoms with Crippen LogP contribution >= 0.6 is 0 Å². The Kier molecular flexibility index (Phi) is 5.87. The average Bonchev–Trinajstić information content (AvgIpc) is 3.61. The Morgan fingerprint density at radius 2 is 1.97 bits per heavy atom. The maximum Gasteiger partial charge on any atom is 0.245 e. The lowest BCUT2D eigenvalue weighted by atomic mass is 10.1. The van der Waals surface area contributed by atoms with Crippen molar-refractivity contribution in [3.8, 4) is 17.3 Å². The van der Waals surface area contributed by atoms with Crippen LogP contribution in [0.5, 0.6) is 5.88 Å². The number of ether oxygens (including phenoxy) is 1. The number of imidazole rings is 1. The van der Waals surface area contributed by atoms with Gasteiger partial charge in [-0.3, -0.25) is 4.68 Å². The van der Waals surface area contributed by atoms with E-state index in [1.54, 1.807) is 0 Å². The molecule has 0 saturated carbocycles. The second-order valence-corrected chi connectivity index (χ2v) is 10.5. The van der Waals surface area contributed by atoms with Crippen LogP contribution in [0, 0.1) is 6.92 Å². The van der Waals surface area contributed by atoms with Crippen molar-refractivity contribution in [1.82, 2.24) is 33.6 Å². The van der Waals surface area contributed by atoms with Gasteiger partial charge in [0.05, 0.1) is 29.7 Å². The minimum atomic E-state index is -1.25. The highest BCUT2D eigenvalue weighted by Crippen LogP contribution is 2.31. The summed E-state index contributed by atoms with van der Waals surface area (Å²) in [5.74, 6) is 1.23. The van der Waals surface area contributed by atoms with Crippen molar-refractivity contribution in [1.29, 1.82) is 0 Å². The van der Waals surface area contributed by atoms with Gasteiger partial charge in [-0.05, 0) is 36.8 Å². The van der Waals surface area contributed by atoms with E-state index in [1.165, 1.54) is 6.33 Å². The summed E-state index contributed by atoms with van der Waals surface area (Å²) in [5, 5.41) is 6.68. The Bertz CT molecular complexity index is 1560. The van der Waals surface area contributed by atoms with Crippen LogP contribution in [-0.4, -0.2) is 57.4 Å². The molecule has 4 heterocycles.